The zero-order valence-electron chi connectivity index (χ0n) is 49.9. The largest absolute Gasteiger partial charge is 0.456 e. The maximum Gasteiger partial charge on any atom is 0.252 e. The van der Waals surface area contributed by atoms with Gasteiger partial charge in [-0.05, 0) is 189 Å². The fraction of sp³-hybridized carbons (Fsp3) is 0.360. The number of furan rings is 1. The number of para-hydroxylation sites is 1. The van der Waals surface area contributed by atoms with Crippen LogP contribution in [0.1, 0.15) is 179 Å². The quantitative estimate of drug-likeness (QED) is 0.165. The van der Waals surface area contributed by atoms with E-state index in [0.29, 0.717) is 0 Å². The normalized spacial score (nSPS) is 22.2. The summed E-state index contributed by atoms with van der Waals surface area (Å²) in [5.41, 5.74) is 28.3. The Kier molecular flexibility index (Phi) is 10.1. The van der Waals surface area contributed by atoms with Crippen LogP contribution in [0.5, 0.6) is 0 Å². The molecule has 402 valence electrons. The topological polar surface area (TPSA) is 22.9 Å². The first-order chi connectivity index (χ1) is 37.9. The lowest BCUT2D eigenvalue weighted by atomic mass is 9.33. The summed E-state index contributed by atoms with van der Waals surface area (Å²) in [5, 5.41) is 2.28. The minimum absolute atomic E-state index is 0.000153. The van der Waals surface area contributed by atoms with Crippen molar-refractivity contribution in [2.24, 2.45) is 0 Å². The van der Waals surface area contributed by atoms with Crippen molar-refractivity contribution in [3.8, 4) is 0 Å². The minimum Gasteiger partial charge on any atom is -0.456 e. The summed E-state index contributed by atoms with van der Waals surface area (Å²) in [6.07, 6.45) is 7.16. The number of aryl methyl sites for hydroxylation is 1. The predicted octanol–water partition coefficient (Wildman–Crippen LogP) is 18.3. The van der Waals surface area contributed by atoms with Crippen molar-refractivity contribution < 1.29 is 4.42 Å². The maximum atomic E-state index is 6.75. The SMILES string of the molecule is Cc1cc2c3c(c1)N(c1cccc4oc5ccccc5c14)c1cc4c(cc1B3c1ccc(N3c5ccc(C(C)(C)C)cc5C5(C)CCCCC35C)cc1N2c1ccc2c(c1)C(C)(C)CCC2(C)C)C(C)(C)c1ccccc1C4(C)C. The summed E-state index contributed by atoms with van der Waals surface area (Å²) in [4.78, 5) is 8.17. The van der Waals surface area contributed by atoms with Crippen molar-refractivity contribution in [1.29, 1.82) is 0 Å². The van der Waals surface area contributed by atoms with Crippen LogP contribution in [0, 0.1) is 6.92 Å². The van der Waals surface area contributed by atoms with Crippen molar-refractivity contribution >= 4 is 90.5 Å². The van der Waals surface area contributed by atoms with Crippen LogP contribution in [0.25, 0.3) is 21.9 Å². The first kappa shape index (κ1) is 50.0. The van der Waals surface area contributed by atoms with Gasteiger partial charge in [-0.3, -0.25) is 0 Å². The van der Waals surface area contributed by atoms with Gasteiger partial charge >= 0.3 is 0 Å². The van der Waals surface area contributed by atoms with E-state index in [0.717, 1.165) is 40.5 Å². The molecule has 0 bridgehead atoms. The second kappa shape index (κ2) is 16.1. The maximum absolute atomic E-state index is 6.75. The van der Waals surface area contributed by atoms with Crippen LogP contribution in [0.15, 0.2) is 150 Å². The Morgan fingerprint density at radius 3 is 1.82 bits per heavy atom. The zero-order chi connectivity index (χ0) is 55.6. The molecule has 5 heteroatoms. The number of anilines is 8. The highest BCUT2D eigenvalue weighted by Crippen LogP contribution is 2.62. The minimum atomic E-state index is -0.247. The van der Waals surface area contributed by atoms with E-state index in [1.165, 1.54) is 132 Å². The van der Waals surface area contributed by atoms with Crippen LogP contribution in [0.2, 0.25) is 0 Å². The highest BCUT2D eigenvalue weighted by Gasteiger charge is 2.58. The van der Waals surface area contributed by atoms with E-state index < -0.39 is 0 Å². The number of rotatable bonds is 3. The average Bonchev–Trinajstić information content (AvgIpc) is 4.09. The molecule has 1 saturated carbocycles. The van der Waals surface area contributed by atoms with Gasteiger partial charge in [-0.2, -0.15) is 0 Å². The number of hydrogen-bond donors (Lipinski definition) is 0. The third-order valence-electron chi connectivity index (χ3n) is 21.9. The molecule has 0 spiro atoms. The molecule has 8 aromatic carbocycles. The number of benzene rings is 8. The smallest absolute Gasteiger partial charge is 0.252 e. The van der Waals surface area contributed by atoms with Crippen LogP contribution in [-0.2, 0) is 32.5 Å². The second-order valence-electron chi connectivity index (χ2n) is 29.2. The first-order valence-corrected chi connectivity index (χ1v) is 30.1. The summed E-state index contributed by atoms with van der Waals surface area (Å²) in [6, 6.07) is 57.7. The van der Waals surface area contributed by atoms with Gasteiger partial charge < -0.3 is 19.1 Å². The molecule has 3 aliphatic carbocycles. The van der Waals surface area contributed by atoms with Crippen molar-refractivity contribution in [3.63, 3.8) is 0 Å². The summed E-state index contributed by atoms with van der Waals surface area (Å²) in [5.74, 6) is 0. The van der Waals surface area contributed by atoms with Crippen molar-refractivity contribution in [1.82, 2.24) is 0 Å². The van der Waals surface area contributed by atoms with E-state index in [1.54, 1.807) is 0 Å². The Morgan fingerprint density at radius 2 is 1.09 bits per heavy atom. The van der Waals surface area contributed by atoms with E-state index in [1.807, 2.05) is 0 Å². The van der Waals surface area contributed by atoms with Crippen LogP contribution >= 0.6 is 0 Å². The van der Waals surface area contributed by atoms with Gasteiger partial charge in [-0.15, -0.1) is 0 Å². The lowest BCUT2D eigenvalue weighted by Crippen LogP contribution is -2.62. The monoisotopic (exact) mass is 1050 g/mol. The van der Waals surface area contributed by atoms with Gasteiger partial charge in [-0.25, -0.2) is 0 Å². The fourth-order valence-corrected chi connectivity index (χ4v) is 17.0. The molecule has 0 radical (unpaired) electrons. The number of hydrogen-bond acceptors (Lipinski definition) is 4. The number of fused-ring (bicyclic) bond motifs is 13. The molecule has 0 amide bonds. The standard InChI is InChI=1S/C75H78BN3O/c1-45-38-63-68-64(39-45)78(60-25-21-27-66-67(60)49-22-15-18-26-65(49)80-66)62-44-55-54(72(9,10)51-23-16-17-24-52(51)73(55,11)12)43-58(62)76(68)57-32-30-48(42-61(57)77(63)47-29-31-50-53(41-47)71(7,8)37-36-70(50,5)6)79-59-33-28-46(69(2,3)4)40-56(59)74(13)34-19-20-35-75(74,79)14/h15-18,21-33,38-44H,19-20,34-37H2,1-14H3. The van der Waals surface area contributed by atoms with Crippen molar-refractivity contribution in [3.05, 3.63) is 196 Å². The summed E-state index contributed by atoms with van der Waals surface area (Å²) >= 11 is 0. The van der Waals surface area contributed by atoms with Gasteiger partial charge in [0.05, 0.1) is 16.6 Å². The Bertz CT molecular complexity index is 4160. The van der Waals surface area contributed by atoms with Gasteiger partial charge in [0.2, 0.25) is 0 Å². The van der Waals surface area contributed by atoms with Crippen LogP contribution in [0.4, 0.5) is 45.5 Å². The Hall–Kier alpha value is -6.98. The summed E-state index contributed by atoms with van der Waals surface area (Å²) in [6.45, 7) is 34.3. The Balaban J connectivity index is 1.05. The first-order valence-electron chi connectivity index (χ1n) is 30.1. The third kappa shape index (κ3) is 6.53. The average molecular weight is 1050 g/mol. The molecule has 15 rings (SSSR count). The molecule has 80 heavy (non-hydrogen) atoms. The fourth-order valence-electron chi connectivity index (χ4n) is 17.0. The highest BCUT2D eigenvalue weighted by atomic mass is 16.3. The Labute approximate surface area is 476 Å². The van der Waals surface area contributed by atoms with Gasteiger partial charge in [0.1, 0.15) is 11.2 Å². The molecular formula is C75H78BN3O. The predicted molar refractivity (Wildman–Crippen MR) is 340 cm³/mol. The van der Waals surface area contributed by atoms with Gasteiger partial charge in [-0.1, -0.05) is 175 Å². The molecule has 0 N–H and O–H groups in total. The molecule has 2 unspecified atom stereocenters. The molecule has 1 fully saturated rings. The zero-order valence-corrected chi connectivity index (χ0v) is 49.9. The molecule has 0 saturated heterocycles. The van der Waals surface area contributed by atoms with Crippen LogP contribution in [-0.4, -0.2) is 12.3 Å². The van der Waals surface area contributed by atoms with E-state index in [-0.39, 0.29) is 44.7 Å². The van der Waals surface area contributed by atoms with Crippen LogP contribution < -0.4 is 31.1 Å². The molecule has 4 nitrogen and oxygen atoms in total. The van der Waals surface area contributed by atoms with Gasteiger partial charge in [0.15, 0.2) is 0 Å². The van der Waals surface area contributed by atoms with Gasteiger partial charge in [0.25, 0.3) is 6.71 Å². The Morgan fingerprint density at radius 1 is 0.450 bits per heavy atom. The molecule has 2 atom stereocenters. The molecule has 4 heterocycles. The molecule has 1 aromatic heterocycles. The van der Waals surface area contributed by atoms with Crippen LogP contribution in [0.3, 0.4) is 0 Å². The van der Waals surface area contributed by atoms with E-state index in [2.05, 4.69) is 257 Å². The van der Waals surface area contributed by atoms with Crippen molar-refractivity contribution in [2.45, 2.75) is 173 Å². The highest BCUT2D eigenvalue weighted by molar-refractivity contribution is 7.00. The third-order valence-corrected chi connectivity index (χ3v) is 21.9. The van der Waals surface area contributed by atoms with E-state index in [9.17, 15) is 0 Å². The van der Waals surface area contributed by atoms with E-state index in [4.69, 9.17) is 4.42 Å². The van der Waals surface area contributed by atoms with Gasteiger partial charge in [0, 0.05) is 61.4 Å². The lowest BCUT2D eigenvalue weighted by molar-refractivity contribution is 0.195. The molecule has 3 aliphatic heterocycles. The second-order valence-corrected chi connectivity index (χ2v) is 29.2. The molecule has 6 aliphatic rings. The summed E-state index contributed by atoms with van der Waals surface area (Å²) < 4.78 is 6.75. The lowest BCUT2D eigenvalue weighted by Gasteiger charge is -2.51. The van der Waals surface area contributed by atoms with E-state index >= 15 is 0 Å². The van der Waals surface area contributed by atoms with Crippen molar-refractivity contribution in [2.75, 3.05) is 14.7 Å². The number of nitrogens with zero attached hydrogens (tertiary/aromatic N) is 3. The molecular weight excluding hydrogens is 970 g/mol. The molecule has 9 aromatic rings. The summed E-state index contributed by atoms with van der Waals surface area (Å²) in [7, 11) is 0.